The largest absolute Gasteiger partial charge is 0.393 e. The molecule has 0 spiro atoms. The molecule has 1 N–H and O–H groups in total. The highest BCUT2D eigenvalue weighted by Crippen LogP contribution is 2.25. The van der Waals surface area contributed by atoms with E-state index in [0.717, 1.165) is 0 Å². The lowest BCUT2D eigenvalue weighted by molar-refractivity contribution is 0.101. The summed E-state index contributed by atoms with van der Waals surface area (Å²) in [5, 5.41) is 9.18. The second-order valence-electron chi connectivity index (χ2n) is 3.14. The molecular formula is C8H17IO. The Morgan fingerprint density at radius 1 is 1.20 bits per heavy atom. The van der Waals surface area contributed by atoms with E-state index in [1.54, 1.807) is 0 Å². The summed E-state index contributed by atoms with van der Waals surface area (Å²) >= 11 is 0. The molecule has 0 heterocycles. The predicted molar refractivity (Wildman–Crippen MR) is 53.7 cm³/mol. The van der Waals surface area contributed by atoms with Gasteiger partial charge in [-0.25, -0.2) is 0 Å². The van der Waals surface area contributed by atoms with Crippen molar-refractivity contribution >= 4 is 24.0 Å². The second kappa shape index (κ2) is 5.35. The van der Waals surface area contributed by atoms with E-state index in [4.69, 9.17) is 0 Å². The van der Waals surface area contributed by atoms with Crippen molar-refractivity contribution in [2.24, 2.45) is 5.92 Å². The number of halogens is 1. The molecule has 0 aliphatic heterocycles. The van der Waals surface area contributed by atoms with Gasteiger partial charge in [-0.2, -0.15) is 0 Å². The van der Waals surface area contributed by atoms with E-state index in [-0.39, 0.29) is 30.1 Å². The zero-order chi connectivity index (χ0) is 6.69. The van der Waals surface area contributed by atoms with Gasteiger partial charge in [0.25, 0.3) is 0 Å². The van der Waals surface area contributed by atoms with Crippen LogP contribution in [0.25, 0.3) is 0 Å². The van der Waals surface area contributed by atoms with Gasteiger partial charge in [-0.05, 0) is 25.7 Å². The van der Waals surface area contributed by atoms with Gasteiger partial charge in [0.15, 0.2) is 0 Å². The molecule has 1 rings (SSSR count). The van der Waals surface area contributed by atoms with Crippen LogP contribution < -0.4 is 0 Å². The van der Waals surface area contributed by atoms with Crippen LogP contribution in [0.4, 0.5) is 0 Å². The Morgan fingerprint density at radius 3 is 2.00 bits per heavy atom. The van der Waals surface area contributed by atoms with Crippen LogP contribution in [0.15, 0.2) is 0 Å². The molecule has 0 radical (unpaired) electrons. The monoisotopic (exact) mass is 256 g/mol. The van der Waals surface area contributed by atoms with Crippen molar-refractivity contribution in [3.05, 3.63) is 0 Å². The lowest BCUT2D eigenvalue weighted by Gasteiger charge is -2.23. The Balaban J connectivity index is 0.000000810. The van der Waals surface area contributed by atoms with E-state index in [9.17, 15) is 5.11 Å². The van der Waals surface area contributed by atoms with Crippen molar-refractivity contribution in [2.45, 2.75) is 45.1 Å². The molecule has 0 aromatic rings. The smallest absolute Gasteiger partial charge is 0.0540 e. The maximum atomic E-state index is 9.18. The van der Waals surface area contributed by atoms with Crippen LogP contribution in [0, 0.1) is 5.92 Å². The van der Waals surface area contributed by atoms with Crippen LogP contribution in [-0.2, 0) is 0 Å². The van der Waals surface area contributed by atoms with E-state index >= 15 is 0 Å². The second-order valence-corrected chi connectivity index (χ2v) is 3.14. The van der Waals surface area contributed by atoms with E-state index in [2.05, 4.69) is 0 Å². The fourth-order valence-electron chi connectivity index (χ4n) is 1.62. The maximum Gasteiger partial charge on any atom is 0.0540 e. The first-order valence-electron chi connectivity index (χ1n) is 3.99. The minimum atomic E-state index is -0.0645. The standard InChI is InChI=1S/C8H16O.HI/c1-7(9)8-5-3-2-4-6-8;/h7-9H,2-6H2,1H3;1H. The zero-order valence-corrected chi connectivity index (χ0v) is 8.88. The number of aliphatic hydroxyl groups excluding tert-OH is 1. The summed E-state index contributed by atoms with van der Waals surface area (Å²) in [6.45, 7) is 1.91. The van der Waals surface area contributed by atoms with Gasteiger partial charge in [0, 0.05) is 0 Å². The lowest BCUT2D eigenvalue weighted by Crippen LogP contribution is -2.19. The first-order chi connectivity index (χ1) is 4.30. The molecule has 2 heteroatoms. The van der Waals surface area contributed by atoms with Crippen molar-refractivity contribution in [1.82, 2.24) is 0 Å². The maximum absolute atomic E-state index is 9.18. The Morgan fingerprint density at radius 2 is 1.70 bits per heavy atom. The molecule has 0 amide bonds. The molecule has 1 aliphatic rings. The number of rotatable bonds is 1. The molecule has 62 valence electrons. The number of aliphatic hydroxyl groups is 1. The first kappa shape index (κ1) is 10.7. The quantitative estimate of drug-likeness (QED) is 0.715. The summed E-state index contributed by atoms with van der Waals surface area (Å²) in [6, 6.07) is 0. The molecule has 10 heavy (non-hydrogen) atoms. The van der Waals surface area contributed by atoms with Gasteiger partial charge in [-0.15, -0.1) is 24.0 Å². The van der Waals surface area contributed by atoms with Gasteiger partial charge in [0.1, 0.15) is 0 Å². The van der Waals surface area contributed by atoms with E-state index in [1.165, 1.54) is 32.1 Å². The predicted octanol–water partition coefficient (Wildman–Crippen LogP) is 2.57. The normalized spacial score (nSPS) is 23.4. The van der Waals surface area contributed by atoms with Crippen LogP contribution in [0.2, 0.25) is 0 Å². The molecule has 1 saturated carbocycles. The Kier molecular flexibility index (Phi) is 5.72. The molecule has 1 nitrogen and oxygen atoms in total. The van der Waals surface area contributed by atoms with Gasteiger partial charge in [-0.1, -0.05) is 19.3 Å². The van der Waals surface area contributed by atoms with Crippen molar-refractivity contribution in [2.75, 3.05) is 0 Å². The molecule has 1 aliphatic carbocycles. The molecule has 0 aromatic heterocycles. The molecule has 0 bridgehead atoms. The Hall–Kier alpha value is 0.690. The highest BCUT2D eigenvalue weighted by atomic mass is 127. The summed E-state index contributed by atoms with van der Waals surface area (Å²) in [6.07, 6.45) is 6.47. The summed E-state index contributed by atoms with van der Waals surface area (Å²) < 4.78 is 0. The minimum absolute atomic E-state index is 0. The Bertz CT molecular complexity index is 77.3. The van der Waals surface area contributed by atoms with Crippen molar-refractivity contribution in [3.63, 3.8) is 0 Å². The summed E-state index contributed by atoms with van der Waals surface area (Å²) in [5.74, 6) is 0.610. The van der Waals surface area contributed by atoms with E-state index in [1.807, 2.05) is 6.92 Å². The molecular weight excluding hydrogens is 239 g/mol. The highest BCUT2D eigenvalue weighted by Gasteiger charge is 2.17. The van der Waals surface area contributed by atoms with Crippen molar-refractivity contribution in [1.29, 1.82) is 0 Å². The third-order valence-corrected chi connectivity index (χ3v) is 2.33. The van der Waals surface area contributed by atoms with Crippen molar-refractivity contribution < 1.29 is 5.11 Å². The van der Waals surface area contributed by atoms with Crippen LogP contribution in [0.1, 0.15) is 39.0 Å². The number of hydrogen-bond donors (Lipinski definition) is 1. The zero-order valence-electron chi connectivity index (χ0n) is 6.55. The third kappa shape index (κ3) is 3.19. The van der Waals surface area contributed by atoms with Crippen molar-refractivity contribution in [3.8, 4) is 0 Å². The highest BCUT2D eigenvalue weighted by molar-refractivity contribution is 14.0. The fraction of sp³-hybridized carbons (Fsp3) is 1.00. The topological polar surface area (TPSA) is 20.2 Å². The molecule has 1 atom stereocenters. The Labute approximate surface area is 80.2 Å². The van der Waals surface area contributed by atoms with Crippen LogP contribution in [-0.4, -0.2) is 11.2 Å². The van der Waals surface area contributed by atoms with Gasteiger partial charge < -0.3 is 5.11 Å². The van der Waals surface area contributed by atoms with Gasteiger partial charge in [-0.3, -0.25) is 0 Å². The minimum Gasteiger partial charge on any atom is -0.393 e. The van der Waals surface area contributed by atoms with Crippen LogP contribution in [0.5, 0.6) is 0 Å². The lowest BCUT2D eigenvalue weighted by atomic mass is 9.86. The summed E-state index contributed by atoms with van der Waals surface area (Å²) in [7, 11) is 0. The molecule has 0 saturated heterocycles. The average molecular weight is 256 g/mol. The van der Waals surface area contributed by atoms with E-state index < -0.39 is 0 Å². The van der Waals surface area contributed by atoms with E-state index in [0.29, 0.717) is 5.92 Å². The van der Waals surface area contributed by atoms with Gasteiger partial charge in [0.2, 0.25) is 0 Å². The average Bonchev–Trinajstić information content (AvgIpc) is 1.90. The SMILES string of the molecule is CC(O)C1CCCCC1.I. The summed E-state index contributed by atoms with van der Waals surface area (Å²) in [4.78, 5) is 0. The molecule has 1 fully saturated rings. The van der Waals surface area contributed by atoms with Crippen LogP contribution in [0.3, 0.4) is 0 Å². The third-order valence-electron chi connectivity index (χ3n) is 2.33. The van der Waals surface area contributed by atoms with Gasteiger partial charge in [0.05, 0.1) is 6.10 Å². The first-order valence-corrected chi connectivity index (χ1v) is 3.99. The fourth-order valence-corrected chi connectivity index (χ4v) is 1.62. The van der Waals surface area contributed by atoms with Crippen LogP contribution >= 0.6 is 24.0 Å². The molecule has 0 aromatic carbocycles. The summed E-state index contributed by atoms with van der Waals surface area (Å²) in [5.41, 5.74) is 0. The van der Waals surface area contributed by atoms with Gasteiger partial charge >= 0.3 is 0 Å². The number of hydrogen-bond acceptors (Lipinski definition) is 1. The molecule has 1 unspecified atom stereocenters.